The number of carbonyl (C=O) groups is 3. The molecule has 0 fully saturated rings. The molecule has 0 bridgehead atoms. The Hall–Kier alpha value is -4.12. The zero-order valence-corrected chi connectivity index (χ0v) is 16.9. The van der Waals surface area contributed by atoms with Gasteiger partial charge in [-0.3, -0.25) is 9.59 Å². The standard InChI is InChI=1S/C22H22N4O4/c1-14(21(28)25-18-8-6-16(7-9-18)20(24)27)30-22(29)17(13-23)12-15-4-10-19(11-5-15)26(2)3/h4-12,14H,1-3H3,(H2,24,27)(H,25,28)/b17-12+/t14-/m0/s1. The van der Waals surface area contributed by atoms with Gasteiger partial charge in [0.2, 0.25) is 5.91 Å². The van der Waals surface area contributed by atoms with Gasteiger partial charge in [0, 0.05) is 31.0 Å². The van der Waals surface area contributed by atoms with Crippen molar-refractivity contribution in [1.82, 2.24) is 0 Å². The lowest BCUT2D eigenvalue weighted by molar-refractivity contribution is -0.148. The number of benzene rings is 2. The van der Waals surface area contributed by atoms with Crippen LogP contribution in [0.5, 0.6) is 0 Å². The van der Waals surface area contributed by atoms with Gasteiger partial charge in [0.15, 0.2) is 6.10 Å². The number of esters is 1. The Morgan fingerprint density at radius 3 is 2.20 bits per heavy atom. The minimum atomic E-state index is -1.14. The van der Waals surface area contributed by atoms with Crippen molar-refractivity contribution in [2.45, 2.75) is 13.0 Å². The third-order valence-corrected chi connectivity index (χ3v) is 4.15. The van der Waals surface area contributed by atoms with Crippen molar-refractivity contribution in [3.8, 4) is 6.07 Å². The number of primary amides is 1. The van der Waals surface area contributed by atoms with Gasteiger partial charge < -0.3 is 20.7 Å². The number of nitrogens with two attached hydrogens (primary N) is 1. The van der Waals surface area contributed by atoms with Crippen molar-refractivity contribution < 1.29 is 19.1 Å². The lowest BCUT2D eigenvalue weighted by Crippen LogP contribution is -2.30. The number of hydrogen-bond acceptors (Lipinski definition) is 6. The smallest absolute Gasteiger partial charge is 0.349 e. The fraction of sp³-hybridized carbons (Fsp3) is 0.182. The first-order chi connectivity index (χ1) is 14.2. The van der Waals surface area contributed by atoms with E-state index in [-0.39, 0.29) is 5.57 Å². The van der Waals surface area contributed by atoms with Gasteiger partial charge >= 0.3 is 5.97 Å². The molecule has 0 saturated carbocycles. The summed E-state index contributed by atoms with van der Waals surface area (Å²) in [5, 5.41) is 11.9. The summed E-state index contributed by atoms with van der Waals surface area (Å²) in [6, 6.07) is 15.0. The van der Waals surface area contributed by atoms with Crippen LogP contribution in [0.25, 0.3) is 6.08 Å². The maximum absolute atomic E-state index is 12.3. The monoisotopic (exact) mass is 406 g/mol. The van der Waals surface area contributed by atoms with Crippen LogP contribution in [-0.2, 0) is 14.3 Å². The molecule has 0 aromatic heterocycles. The number of anilines is 2. The number of nitrogens with zero attached hydrogens (tertiary/aromatic N) is 2. The van der Waals surface area contributed by atoms with Crippen LogP contribution >= 0.6 is 0 Å². The van der Waals surface area contributed by atoms with Crippen molar-refractivity contribution in [1.29, 1.82) is 5.26 Å². The first-order valence-electron chi connectivity index (χ1n) is 9.02. The molecule has 0 spiro atoms. The normalized spacial score (nSPS) is 11.7. The highest BCUT2D eigenvalue weighted by molar-refractivity contribution is 6.01. The quantitative estimate of drug-likeness (QED) is 0.413. The Morgan fingerprint density at radius 2 is 1.70 bits per heavy atom. The molecule has 2 rings (SSSR count). The molecule has 2 amide bonds. The fourth-order valence-corrected chi connectivity index (χ4v) is 2.41. The van der Waals surface area contributed by atoms with Crippen molar-refractivity contribution >= 4 is 35.2 Å². The molecule has 1 atom stereocenters. The lowest BCUT2D eigenvalue weighted by Gasteiger charge is -2.13. The van der Waals surface area contributed by atoms with E-state index in [9.17, 15) is 19.6 Å². The molecule has 0 aliphatic heterocycles. The molecule has 0 aliphatic carbocycles. The predicted molar refractivity (Wildman–Crippen MR) is 114 cm³/mol. The van der Waals surface area contributed by atoms with E-state index in [1.165, 1.54) is 37.3 Å². The van der Waals surface area contributed by atoms with Gasteiger partial charge in [-0.15, -0.1) is 0 Å². The van der Waals surface area contributed by atoms with E-state index in [0.29, 0.717) is 16.8 Å². The van der Waals surface area contributed by atoms with Gasteiger partial charge in [0.25, 0.3) is 5.91 Å². The molecule has 8 heteroatoms. The van der Waals surface area contributed by atoms with E-state index in [4.69, 9.17) is 10.5 Å². The number of hydrogen-bond donors (Lipinski definition) is 2. The van der Waals surface area contributed by atoms with Gasteiger partial charge in [0.05, 0.1) is 0 Å². The number of rotatable bonds is 7. The van der Waals surface area contributed by atoms with Crippen LogP contribution in [0.3, 0.4) is 0 Å². The second-order valence-corrected chi connectivity index (χ2v) is 6.63. The third-order valence-electron chi connectivity index (χ3n) is 4.15. The zero-order chi connectivity index (χ0) is 22.3. The number of carbonyl (C=O) groups excluding carboxylic acids is 3. The van der Waals surface area contributed by atoms with Crippen LogP contribution in [0.2, 0.25) is 0 Å². The highest BCUT2D eigenvalue weighted by atomic mass is 16.5. The molecular formula is C22H22N4O4. The molecule has 0 unspecified atom stereocenters. The van der Waals surface area contributed by atoms with Crippen LogP contribution in [0.4, 0.5) is 11.4 Å². The van der Waals surface area contributed by atoms with Crippen molar-refractivity contribution in [3.05, 3.63) is 65.2 Å². The molecule has 30 heavy (non-hydrogen) atoms. The molecule has 0 radical (unpaired) electrons. The van der Waals surface area contributed by atoms with Crippen LogP contribution in [0, 0.1) is 11.3 Å². The highest BCUT2D eigenvalue weighted by Gasteiger charge is 2.21. The molecular weight excluding hydrogens is 384 g/mol. The third kappa shape index (κ3) is 5.94. The Bertz CT molecular complexity index is 1000. The van der Waals surface area contributed by atoms with Crippen LogP contribution < -0.4 is 16.0 Å². The topological polar surface area (TPSA) is 126 Å². The molecule has 0 saturated heterocycles. The average molecular weight is 406 g/mol. The summed E-state index contributed by atoms with van der Waals surface area (Å²) < 4.78 is 5.11. The fourth-order valence-electron chi connectivity index (χ4n) is 2.41. The largest absolute Gasteiger partial charge is 0.448 e. The number of nitrogens with one attached hydrogen (secondary N) is 1. The summed E-state index contributed by atoms with van der Waals surface area (Å²) in [5.41, 5.74) is 7.28. The molecule has 0 aliphatic rings. The molecule has 2 aromatic carbocycles. The van der Waals surface area contributed by atoms with Gasteiger partial charge in [-0.25, -0.2) is 4.79 Å². The minimum Gasteiger partial charge on any atom is -0.448 e. The zero-order valence-electron chi connectivity index (χ0n) is 16.9. The number of nitriles is 1. The Balaban J connectivity index is 2.02. The van der Waals surface area contributed by atoms with E-state index < -0.39 is 23.9 Å². The first-order valence-corrected chi connectivity index (χ1v) is 9.02. The summed E-state index contributed by atoms with van der Waals surface area (Å²) in [4.78, 5) is 37.5. The van der Waals surface area contributed by atoms with Gasteiger partial charge in [-0.1, -0.05) is 12.1 Å². The number of ether oxygens (including phenoxy) is 1. The molecule has 2 aromatic rings. The van der Waals surface area contributed by atoms with Crippen LogP contribution in [0.15, 0.2) is 54.1 Å². The molecule has 3 N–H and O–H groups in total. The van der Waals surface area contributed by atoms with Crippen molar-refractivity contribution in [2.24, 2.45) is 5.73 Å². The molecule has 154 valence electrons. The maximum atomic E-state index is 12.3. The van der Waals surface area contributed by atoms with E-state index in [1.54, 1.807) is 18.2 Å². The van der Waals surface area contributed by atoms with E-state index in [0.717, 1.165) is 5.69 Å². The lowest BCUT2D eigenvalue weighted by atomic mass is 10.1. The van der Waals surface area contributed by atoms with Gasteiger partial charge in [-0.05, 0) is 55.0 Å². The minimum absolute atomic E-state index is 0.224. The number of amides is 2. The summed E-state index contributed by atoms with van der Waals surface area (Å²) >= 11 is 0. The van der Waals surface area contributed by atoms with Crippen molar-refractivity contribution in [3.63, 3.8) is 0 Å². The average Bonchev–Trinajstić information content (AvgIpc) is 2.72. The SMILES string of the molecule is C[C@H](OC(=O)/C(C#N)=C/c1ccc(N(C)C)cc1)C(=O)Nc1ccc(C(N)=O)cc1. The maximum Gasteiger partial charge on any atom is 0.349 e. The molecule has 0 heterocycles. The van der Waals surface area contributed by atoms with Gasteiger partial charge in [0.1, 0.15) is 11.6 Å². The summed E-state index contributed by atoms with van der Waals surface area (Å²) in [6.45, 7) is 1.39. The summed E-state index contributed by atoms with van der Waals surface area (Å²) in [7, 11) is 3.81. The summed E-state index contributed by atoms with van der Waals surface area (Å²) in [6.07, 6.45) is 0.260. The Morgan fingerprint density at radius 1 is 1.10 bits per heavy atom. The van der Waals surface area contributed by atoms with E-state index in [2.05, 4.69) is 5.32 Å². The van der Waals surface area contributed by atoms with E-state index in [1.807, 2.05) is 31.1 Å². The van der Waals surface area contributed by atoms with Gasteiger partial charge in [-0.2, -0.15) is 5.26 Å². The Kier molecular flexibility index (Phi) is 7.31. The predicted octanol–water partition coefficient (Wildman–Crippen LogP) is 2.33. The van der Waals surface area contributed by atoms with Crippen LogP contribution in [0.1, 0.15) is 22.8 Å². The second kappa shape index (κ2) is 9.89. The second-order valence-electron chi connectivity index (χ2n) is 6.63. The molecule has 8 nitrogen and oxygen atoms in total. The van der Waals surface area contributed by atoms with E-state index >= 15 is 0 Å². The van der Waals surface area contributed by atoms with Crippen molar-refractivity contribution in [2.75, 3.05) is 24.3 Å². The first kappa shape index (κ1) is 22.2. The summed E-state index contributed by atoms with van der Waals surface area (Å²) in [5.74, 6) is -2.06. The Labute approximate surface area is 174 Å². The van der Waals surface area contributed by atoms with Crippen LogP contribution in [-0.4, -0.2) is 38.0 Å². The highest BCUT2D eigenvalue weighted by Crippen LogP contribution is 2.16.